The molecule has 0 unspecified atom stereocenters. The second kappa shape index (κ2) is 7.69. The number of carboxylic acid groups (broad SMARTS) is 1. The van der Waals surface area contributed by atoms with Crippen LogP contribution < -0.4 is 10.1 Å². The number of pyridine rings is 1. The van der Waals surface area contributed by atoms with E-state index in [0.717, 1.165) is 16.6 Å². The number of fused-ring (bicyclic) bond motifs is 1. The van der Waals surface area contributed by atoms with E-state index >= 15 is 0 Å². The number of nitrogens with zero attached hydrogens (tertiary/aromatic N) is 2. The lowest BCUT2D eigenvalue weighted by Gasteiger charge is -2.06. The number of aryl methyl sites for hydroxylation is 1. The van der Waals surface area contributed by atoms with Gasteiger partial charge in [-0.1, -0.05) is 18.2 Å². The fourth-order valence-electron chi connectivity index (χ4n) is 2.64. The Morgan fingerprint density at radius 3 is 2.65 bits per heavy atom. The molecule has 0 saturated carbocycles. The van der Waals surface area contributed by atoms with Crippen molar-refractivity contribution in [3.8, 4) is 5.75 Å². The molecule has 3 rings (SSSR count). The number of aliphatic carboxylic acids is 1. The van der Waals surface area contributed by atoms with E-state index in [2.05, 4.69) is 10.4 Å². The molecule has 0 atom stereocenters. The number of amides is 1. The summed E-state index contributed by atoms with van der Waals surface area (Å²) in [6, 6.07) is 12.8. The highest BCUT2D eigenvalue weighted by molar-refractivity contribution is 5.95. The molecule has 7 heteroatoms. The van der Waals surface area contributed by atoms with Gasteiger partial charge in [-0.15, -0.1) is 0 Å². The molecule has 0 aliphatic carbocycles. The molecule has 1 amide bonds. The Hall–Kier alpha value is -3.35. The topological polar surface area (TPSA) is 92.9 Å². The summed E-state index contributed by atoms with van der Waals surface area (Å²) in [6.07, 6.45) is 2.46. The summed E-state index contributed by atoms with van der Waals surface area (Å²) in [6.45, 7) is 1.99. The first-order valence-corrected chi connectivity index (χ1v) is 8.20. The van der Waals surface area contributed by atoms with Gasteiger partial charge in [0, 0.05) is 18.3 Å². The van der Waals surface area contributed by atoms with Gasteiger partial charge in [0.15, 0.2) is 12.3 Å². The molecular formula is C19H19N3O4. The van der Waals surface area contributed by atoms with Crippen molar-refractivity contribution in [1.29, 1.82) is 0 Å². The molecule has 3 aromatic rings. The Labute approximate surface area is 150 Å². The van der Waals surface area contributed by atoms with Gasteiger partial charge in [-0.2, -0.15) is 5.10 Å². The smallest absolute Gasteiger partial charge is 0.341 e. The number of carbonyl (C=O) groups excluding carboxylic acids is 1. The van der Waals surface area contributed by atoms with Crippen molar-refractivity contribution in [3.05, 3.63) is 65.5 Å². The Morgan fingerprint density at radius 2 is 1.96 bits per heavy atom. The Bertz CT molecular complexity index is 932. The van der Waals surface area contributed by atoms with E-state index in [0.29, 0.717) is 24.4 Å². The van der Waals surface area contributed by atoms with Crippen molar-refractivity contribution < 1.29 is 19.4 Å². The van der Waals surface area contributed by atoms with Crippen molar-refractivity contribution in [3.63, 3.8) is 0 Å². The second-order valence-corrected chi connectivity index (χ2v) is 5.84. The maximum absolute atomic E-state index is 12.4. The summed E-state index contributed by atoms with van der Waals surface area (Å²) in [5.41, 5.74) is 3.20. The van der Waals surface area contributed by atoms with Gasteiger partial charge in [0.2, 0.25) is 0 Å². The third-order valence-electron chi connectivity index (χ3n) is 3.99. The van der Waals surface area contributed by atoms with Crippen LogP contribution in [0.25, 0.3) is 5.52 Å². The number of benzene rings is 1. The van der Waals surface area contributed by atoms with Crippen LogP contribution in [0.3, 0.4) is 0 Å². The van der Waals surface area contributed by atoms with Gasteiger partial charge in [-0.25, -0.2) is 9.31 Å². The standard InChI is InChI=1S/C19H19N3O4/c1-13-16-4-2-3-11-22(16)21-18(13)19(25)20-10-9-14-5-7-15(8-6-14)26-12-17(23)24/h2-8,11H,9-10,12H2,1H3,(H,20,25)(H,23,24). The van der Waals surface area contributed by atoms with Gasteiger partial charge in [-0.3, -0.25) is 4.79 Å². The number of hydrogen-bond acceptors (Lipinski definition) is 4. The lowest BCUT2D eigenvalue weighted by molar-refractivity contribution is -0.139. The molecular weight excluding hydrogens is 334 g/mol. The van der Waals surface area contributed by atoms with Gasteiger partial charge in [0.05, 0.1) is 5.52 Å². The molecule has 2 aromatic heterocycles. The monoisotopic (exact) mass is 353 g/mol. The molecule has 0 aliphatic rings. The summed E-state index contributed by atoms with van der Waals surface area (Å²) < 4.78 is 6.78. The minimum Gasteiger partial charge on any atom is -0.482 e. The van der Waals surface area contributed by atoms with Crippen molar-refractivity contribution in [2.24, 2.45) is 0 Å². The molecule has 7 nitrogen and oxygen atoms in total. The van der Waals surface area contributed by atoms with E-state index in [1.807, 2.05) is 43.5 Å². The molecule has 0 bridgehead atoms. The zero-order valence-corrected chi connectivity index (χ0v) is 14.3. The highest BCUT2D eigenvalue weighted by Gasteiger charge is 2.15. The summed E-state index contributed by atoms with van der Waals surface area (Å²) in [7, 11) is 0. The number of ether oxygens (including phenoxy) is 1. The minimum atomic E-state index is -1.01. The van der Waals surface area contributed by atoms with Crippen LogP contribution in [-0.2, 0) is 11.2 Å². The Morgan fingerprint density at radius 1 is 1.19 bits per heavy atom. The molecule has 2 heterocycles. The molecule has 0 saturated heterocycles. The van der Waals surface area contributed by atoms with E-state index in [4.69, 9.17) is 9.84 Å². The third-order valence-corrected chi connectivity index (χ3v) is 3.99. The average Bonchev–Trinajstić information content (AvgIpc) is 2.98. The molecule has 0 aliphatic heterocycles. The molecule has 2 N–H and O–H groups in total. The first-order chi connectivity index (χ1) is 12.5. The molecule has 0 fully saturated rings. The number of hydrogen-bond donors (Lipinski definition) is 2. The van der Waals surface area contributed by atoms with E-state index < -0.39 is 5.97 Å². The lowest BCUT2D eigenvalue weighted by Crippen LogP contribution is -2.26. The fraction of sp³-hybridized carbons (Fsp3) is 0.211. The maximum Gasteiger partial charge on any atom is 0.341 e. The first-order valence-electron chi connectivity index (χ1n) is 8.20. The van der Waals surface area contributed by atoms with Crippen molar-refractivity contribution in [2.75, 3.05) is 13.2 Å². The molecule has 26 heavy (non-hydrogen) atoms. The van der Waals surface area contributed by atoms with E-state index in [9.17, 15) is 9.59 Å². The fourth-order valence-corrected chi connectivity index (χ4v) is 2.64. The van der Waals surface area contributed by atoms with Crippen LogP contribution in [0.5, 0.6) is 5.75 Å². The van der Waals surface area contributed by atoms with Crippen LogP contribution >= 0.6 is 0 Å². The zero-order chi connectivity index (χ0) is 18.5. The van der Waals surface area contributed by atoms with Gasteiger partial charge in [-0.05, 0) is 43.2 Å². The number of carboxylic acids is 1. The van der Waals surface area contributed by atoms with Crippen LogP contribution in [-0.4, -0.2) is 39.7 Å². The highest BCUT2D eigenvalue weighted by Crippen LogP contribution is 2.14. The van der Waals surface area contributed by atoms with Crippen molar-refractivity contribution in [2.45, 2.75) is 13.3 Å². The maximum atomic E-state index is 12.4. The van der Waals surface area contributed by atoms with Crippen LogP contribution in [0.2, 0.25) is 0 Å². The number of rotatable bonds is 7. The van der Waals surface area contributed by atoms with Gasteiger partial charge in [0.1, 0.15) is 5.75 Å². The summed E-state index contributed by atoms with van der Waals surface area (Å²) in [5, 5.41) is 15.8. The van der Waals surface area contributed by atoms with E-state index in [1.165, 1.54) is 0 Å². The van der Waals surface area contributed by atoms with E-state index in [1.54, 1.807) is 16.6 Å². The van der Waals surface area contributed by atoms with E-state index in [-0.39, 0.29) is 12.5 Å². The largest absolute Gasteiger partial charge is 0.482 e. The predicted octanol–water partition coefficient (Wildman–Crippen LogP) is 2.08. The van der Waals surface area contributed by atoms with Crippen molar-refractivity contribution >= 4 is 17.4 Å². The van der Waals surface area contributed by atoms with Crippen molar-refractivity contribution in [1.82, 2.24) is 14.9 Å². The first kappa shape index (κ1) is 17.5. The SMILES string of the molecule is Cc1c(C(=O)NCCc2ccc(OCC(=O)O)cc2)nn2ccccc12. The average molecular weight is 353 g/mol. The lowest BCUT2D eigenvalue weighted by atomic mass is 10.1. The van der Waals surface area contributed by atoms with Crippen LogP contribution in [0.4, 0.5) is 0 Å². The second-order valence-electron chi connectivity index (χ2n) is 5.84. The predicted molar refractivity (Wildman–Crippen MR) is 95.5 cm³/mol. The third kappa shape index (κ3) is 4.00. The van der Waals surface area contributed by atoms with Crippen LogP contribution in [0, 0.1) is 6.92 Å². The number of carbonyl (C=O) groups is 2. The summed E-state index contributed by atoms with van der Waals surface area (Å²) in [5.74, 6) is -0.716. The van der Waals surface area contributed by atoms with Gasteiger partial charge in [0.25, 0.3) is 5.91 Å². The quantitative estimate of drug-likeness (QED) is 0.678. The van der Waals surface area contributed by atoms with Gasteiger partial charge >= 0.3 is 5.97 Å². The summed E-state index contributed by atoms with van der Waals surface area (Å²) >= 11 is 0. The normalized spacial score (nSPS) is 10.7. The zero-order valence-electron chi connectivity index (χ0n) is 14.3. The molecule has 0 spiro atoms. The minimum absolute atomic E-state index is 0.201. The molecule has 134 valence electrons. The van der Waals surface area contributed by atoms with Crippen LogP contribution in [0.15, 0.2) is 48.7 Å². The van der Waals surface area contributed by atoms with Crippen LogP contribution in [0.1, 0.15) is 21.6 Å². The number of aromatic nitrogens is 2. The Kier molecular flexibility index (Phi) is 5.17. The van der Waals surface area contributed by atoms with Gasteiger partial charge < -0.3 is 15.2 Å². The Balaban J connectivity index is 1.54. The molecule has 1 aromatic carbocycles. The highest BCUT2D eigenvalue weighted by atomic mass is 16.5. The summed E-state index contributed by atoms with van der Waals surface area (Å²) in [4.78, 5) is 22.8. The number of nitrogens with one attached hydrogen (secondary N) is 1. The molecule has 0 radical (unpaired) electrons.